The van der Waals surface area contributed by atoms with Crippen molar-refractivity contribution in [2.24, 2.45) is 0 Å². The Hall–Kier alpha value is -1.71. The van der Waals surface area contributed by atoms with Crippen LogP contribution in [0.25, 0.3) is 0 Å². The Morgan fingerprint density at radius 3 is 2.88 bits per heavy atom. The van der Waals surface area contributed by atoms with Gasteiger partial charge < -0.3 is 9.84 Å². The fourth-order valence-corrected chi connectivity index (χ4v) is 4.83. The van der Waals surface area contributed by atoms with Crippen molar-refractivity contribution in [1.29, 1.82) is 0 Å². The third-order valence-corrected chi connectivity index (χ3v) is 5.97. The lowest BCUT2D eigenvalue weighted by molar-refractivity contribution is -0.140. The predicted molar refractivity (Wildman–Crippen MR) is 83.3 cm³/mol. The quantitative estimate of drug-likeness (QED) is 0.849. The first-order chi connectivity index (χ1) is 11.4. The van der Waals surface area contributed by atoms with Gasteiger partial charge in [-0.05, 0) is 43.9 Å². The lowest BCUT2D eigenvalue weighted by Crippen LogP contribution is -2.47. The normalized spacial score (nSPS) is 24.9. The Morgan fingerprint density at radius 1 is 1.33 bits per heavy atom. The minimum atomic E-state index is -4.00. The molecule has 0 radical (unpaired) electrons. The van der Waals surface area contributed by atoms with Gasteiger partial charge in [0.2, 0.25) is 0 Å². The van der Waals surface area contributed by atoms with Crippen LogP contribution < -0.4 is 9.46 Å². The molecule has 0 saturated carbocycles. The molecule has 2 heterocycles. The molecule has 0 spiro atoms. The number of carboxylic acid groups (broad SMARTS) is 1. The van der Waals surface area contributed by atoms with Crippen molar-refractivity contribution >= 4 is 16.2 Å². The van der Waals surface area contributed by atoms with Gasteiger partial charge in [0.05, 0.1) is 12.6 Å². The van der Waals surface area contributed by atoms with Gasteiger partial charge in [0.1, 0.15) is 17.6 Å². The third kappa shape index (κ3) is 3.38. The van der Waals surface area contributed by atoms with Crippen molar-refractivity contribution in [1.82, 2.24) is 9.03 Å². The van der Waals surface area contributed by atoms with Crippen LogP contribution in [0.2, 0.25) is 0 Å². The summed E-state index contributed by atoms with van der Waals surface area (Å²) in [6, 6.07) is 2.28. The van der Waals surface area contributed by atoms with E-state index >= 15 is 0 Å². The molecule has 1 fully saturated rings. The molecule has 0 amide bonds. The molecule has 9 heteroatoms. The van der Waals surface area contributed by atoms with Crippen LogP contribution in [0.15, 0.2) is 18.2 Å². The van der Waals surface area contributed by atoms with Gasteiger partial charge in [-0.25, -0.2) is 4.39 Å². The van der Waals surface area contributed by atoms with Crippen molar-refractivity contribution in [3.8, 4) is 5.75 Å². The standard InChI is InChI=1S/C15H19FN2O5S/c16-10-5-6-14-11(9-10)12(3-2-8-23-14)17-24(21,22)18-7-1-4-13(18)15(19)20/h5-6,9,12-13,17H,1-4,7-8H2,(H,19,20). The summed E-state index contributed by atoms with van der Waals surface area (Å²) in [5.74, 6) is -1.20. The minimum absolute atomic E-state index is 0.158. The molecule has 2 aliphatic rings. The highest BCUT2D eigenvalue weighted by Gasteiger charge is 2.40. The first kappa shape index (κ1) is 17.1. The highest BCUT2D eigenvalue weighted by molar-refractivity contribution is 7.87. The Kier molecular flexibility index (Phi) is 4.75. The monoisotopic (exact) mass is 358 g/mol. The fraction of sp³-hybridized carbons (Fsp3) is 0.533. The van der Waals surface area contributed by atoms with E-state index in [2.05, 4.69) is 4.72 Å². The zero-order valence-corrected chi connectivity index (χ0v) is 13.8. The molecule has 24 heavy (non-hydrogen) atoms. The molecule has 1 aromatic carbocycles. The Labute approximate surface area is 139 Å². The second kappa shape index (κ2) is 6.66. The summed E-state index contributed by atoms with van der Waals surface area (Å²) in [7, 11) is -4.00. The van der Waals surface area contributed by atoms with E-state index in [1.165, 1.54) is 18.2 Å². The average Bonchev–Trinajstić information content (AvgIpc) is 2.95. The van der Waals surface area contributed by atoms with E-state index in [1.54, 1.807) is 0 Å². The van der Waals surface area contributed by atoms with E-state index in [9.17, 15) is 22.7 Å². The van der Waals surface area contributed by atoms with Crippen LogP contribution in [0, 0.1) is 5.82 Å². The van der Waals surface area contributed by atoms with E-state index in [4.69, 9.17) is 4.74 Å². The number of carboxylic acids is 1. The average molecular weight is 358 g/mol. The molecule has 132 valence electrons. The van der Waals surface area contributed by atoms with E-state index in [-0.39, 0.29) is 13.0 Å². The number of halogens is 1. The van der Waals surface area contributed by atoms with Gasteiger partial charge in [0, 0.05) is 12.1 Å². The SMILES string of the molecule is O=C(O)C1CCCN1S(=O)(=O)NC1CCCOc2ccc(F)cc21. The van der Waals surface area contributed by atoms with Crippen LogP contribution in [0.3, 0.4) is 0 Å². The van der Waals surface area contributed by atoms with Gasteiger partial charge in [0.15, 0.2) is 0 Å². The number of carbonyl (C=O) groups is 1. The molecule has 0 bridgehead atoms. The van der Waals surface area contributed by atoms with E-state index < -0.39 is 34.1 Å². The smallest absolute Gasteiger partial charge is 0.322 e. The van der Waals surface area contributed by atoms with Gasteiger partial charge in [-0.15, -0.1) is 0 Å². The zero-order valence-electron chi connectivity index (χ0n) is 12.9. The zero-order chi connectivity index (χ0) is 17.3. The third-order valence-electron chi connectivity index (χ3n) is 4.33. The molecule has 2 N–H and O–H groups in total. The number of nitrogens with zero attached hydrogens (tertiary/aromatic N) is 1. The van der Waals surface area contributed by atoms with E-state index in [0.29, 0.717) is 37.2 Å². The summed E-state index contributed by atoms with van der Waals surface area (Å²) < 4.78 is 47.9. The van der Waals surface area contributed by atoms with E-state index in [1.807, 2.05) is 0 Å². The molecule has 2 unspecified atom stereocenters. The number of hydrogen-bond acceptors (Lipinski definition) is 4. The molecule has 2 aliphatic heterocycles. The number of ether oxygens (including phenoxy) is 1. The van der Waals surface area contributed by atoms with Gasteiger partial charge in [0.25, 0.3) is 10.2 Å². The second-order valence-electron chi connectivity index (χ2n) is 5.96. The van der Waals surface area contributed by atoms with Gasteiger partial charge >= 0.3 is 5.97 Å². The van der Waals surface area contributed by atoms with Gasteiger partial charge in [-0.2, -0.15) is 17.4 Å². The fourth-order valence-electron chi connectivity index (χ4n) is 3.19. The maximum Gasteiger partial charge on any atom is 0.322 e. The largest absolute Gasteiger partial charge is 0.493 e. The van der Waals surface area contributed by atoms with Gasteiger partial charge in [-0.1, -0.05) is 0 Å². The van der Waals surface area contributed by atoms with E-state index in [0.717, 1.165) is 4.31 Å². The predicted octanol–water partition coefficient (Wildman–Crippen LogP) is 1.42. The lowest BCUT2D eigenvalue weighted by atomic mass is 10.0. The molecular formula is C15H19FN2O5S. The molecular weight excluding hydrogens is 339 g/mol. The van der Waals surface area contributed by atoms with Crippen LogP contribution in [0.1, 0.15) is 37.3 Å². The minimum Gasteiger partial charge on any atom is -0.493 e. The maximum atomic E-state index is 13.6. The number of nitrogens with one attached hydrogen (secondary N) is 1. The molecule has 7 nitrogen and oxygen atoms in total. The van der Waals surface area contributed by atoms with Crippen molar-refractivity contribution in [2.45, 2.75) is 37.8 Å². The molecule has 3 rings (SSSR count). The summed E-state index contributed by atoms with van der Waals surface area (Å²) in [6.45, 7) is 0.573. The summed E-state index contributed by atoms with van der Waals surface area (Å²) in [5.41, 5.74) is 0.433. The number of fused-ring (bicyclic) bond motifs is 1. The number of aliphatic carboxylic acids is 1. The van der Waals surface area contributed by atoms with Crippen molar-refractivity contribution < 1.29 is 27.4 Å². The Balaban J connectivity index is 1.87. The van der Waals surface area contributed by atoms with Crippen molar-refractivity contribution in [3.63, 3.8) is 0 Å². The first-order valence-electron chi connectivity index (χ1n) is 7.82. The molecule has 1 aromatic rings. The molecule has 0 aromatic heterocycles. The van der Waals surface area contributed by atoms with Crippen LogP contribution >= 0.6 is 0 Å². The highest BCUT2D eigenvalue weighted by Crippen LogP contribution is 2.33. The van der Waals surface area contributed by atoms with Gasteiger partial charge in [-0.3, -0.25) is 4.79 Å². The topological polar surface area (TPSA) is 95.9 Å². The van der Waals surface area contributed by atoms with Crippen molar-refractivity contribution in [3.05, 3.63) is 29.6 Å². The number of benzene rings is 1. The van der Waals surface area contributed by atoms with Crippen molar-refractivity contribution in [2.75, 3.05) is 13.2 Å². The lowest BCUT2D eigenvalue weighted by Gasteiger charge is -2.25. The Bertz CT molecular complexity index is 739. The summed E-state index contributed by atoms with van der Waals surface area (Å²) in [6.07, 6.45) is 1.83. The summed E-state index contributed by atoms with van der Waals surface area (Å²) in [4.78, 5) is 11.2. The number of hydrogen-bond donors (Lipinski definition) is 2. The Morgan fingerprint density at radius 2 is 2.12 bits per heavy atom. The van der Waals surface area contributed by atoms with Crippen LogP contribution in [0.4, 0.5) is 4.39 Å². The van der Waals surface area contributed by atoms with Crippen LogP contribution in [-0.2, 0) is 15.0 Å². The first-order valence-corrected chi connectivity index (χ1v) is 9.26. The molecule has 2 atom stereocenters. The molecule has 1 saturated heterocycles. The highest BCUT2D eigenvalue weighted by atomic mass is 32.2. The summed E-state index contributed by atoms with van der Waals surface area (Å²) >= 11 is 0. The van der Waals surface area contributed by atoms with Crippen LogP contribution in [0.5, 0.6) is 5.75 Å². The van der Waals surface area contributed by atoms with Crippen LogP contribution in [-0.4, -0.2) is 43.0 Å². The summed E-state index contributed by atoms with van der Waals surface area (Å²) in [5, 5.41) is 9.19. The molecule has 0 aliphatic carbocycles. The maximum absolute atomic E-state index is 13.6. The second-order valence-corrected chi connectivity index (χ2v) is 7.61. The number of rotatable bonds is 4.